The quantitative estimate of drug-likeness (QED) is 0.784. The molecule has 0 atom stereocenters. The number of nitrogens with zero attached hydrogens (tertiary/aromatic N) is 1. The second kappa shape index (κ2) is 8.49. The summed E-state index contributed by atoms with van der Waals surface area (Å²) in [5.41, 5.74) is 0.958. The zero-order valence-electron chi connectivity index (χ0n) is 15.7. The van der Waals surface area contributed by atoms with Gasteiger partial charge in [-0.25, -0.2) is 17.5 Å². The van der Waals surface area contributed by atoms with Crippen molar-refractivity contribution in [2.75, 3.05) is 14.2 Å². The SMILES string of the molecule is COc1ccc(CN(C)C(=O)c2ccc(S(=O)(=O)NC(C)C)cc2)cc1F. The highest BCUT2D eigenvalue weighted by atomic mass is 32.2. The van der Waals surface area contributed by atoms with E-state index in [2.05, 4.69) is 4.72 Å². The average Bonchev–Trinajstić information content (AvgIpc) is 2.60. The Kier molecular flexibility index (Phi) is 6.56. The second-order valence-corrected chi connectivity index (χ2v) is 8.14. The summed E-state index contributed by atoms with van der Waals surface area (Å²) in [5, 5.41) is 0. The largest absolute Gasteiger partial charge is 0.494 e. The molecule has 0 aromatic heterocycles. The Labute approximate surface area is 159 Å². The number of benzene rings is 2. The number of hydrogen-bond donors (Lipinski definition) is 1. The molecule has 0 aliphatic rings. The van der Waals surface area contributed by atoms with E-state index in [0.29, 0.717) is 11.1 Å². The van der Waals surface area contributed by atoms with E-state index >= 15 is 0 Å². The van der Waals surface area contributed by atoms with E-state index in [1.165, 1.54) is 48.4 Å². The molecule has 2 rings (SSSR count). The molecule has 8 heteroatoms. The minimum Gasteiger partial charge on any atom is -0.494 e. The van der Waals surface area contributed by atoms with Crippen LogP contribution in [0.3, 0.4) is 0 Å². The van der Waals surface area contributed by atoms with Gasteiger partial charge in [-0.05, 0) is 55.8 Å². The van der Waals surface area contributed by atoms with Crippen LogP contribution in [-0.2, 0) is 16.6 Å². The van der Waals surface area contributed by atoms with Crippen LogP contribution in [0.15, 0.2) is 47.4 Å². The highest BCUT2D eigenvalue weighted by Gasteiger charge is 2.17. The summed E-state index contributed by atoms with van der Waals surface area (Å²) in [6.07, 6.45) is 0. The Morgan fingerprint density at radius 3 is 2.33 bits per heavy atom. The van der Waals surface area contributed by atoms with Crippen LogP contribution in [0.1, 0.15) is 29.8 Å². The maximum Gasteiger partial charge on any atom is 0.253 e. The number of nitrogens with one attached hydrogen (secondary N) is 1. The van der Waals surface area contributed by atoms with Gasteiger partial charge in [-0.15, -0.1) is 0 Å². The number of ether oxygens (including phenoxy) is 1. The molecule has 1 N–H and O–H groups in total. The third-order valence-electron chi connectivity index (χ3n) is 3.79. The lowest BCUT2D eigenvalue weighted by molar-refractivity contribution is 0.0785. The van der Waals surface area contributed by atoms with Crippen molar-refractivity contribution in [2.45, 2.75) is 31.3 Å². The van der Waals surface area contributed by atoms with Gasteiger partial charge in [-0.2, -0.15) is 0 Å². The van der Waals surface area contributed by atoms with E-state index < -0.39 is 15.8 Å². The molecule has 0 aliphatic heterocycles. The minimum absolute atomic E-state index is 0.0904. The van der Waals surface area contributed by atoms with Crippen molar-refractivity contribution in [3.05, 3.63) is 59.4 Å². The Balaban J connectivity index is 2.12. The normalized spacial score (nSPS) is 11.5. The molecule has 146 valence electrons. The molecule has 6 nitrogen and oxygen atoms in total. The zero-order chi connectivity index (χ0) is 20.2. The smallest absolute Gasteiger partial charge is 0.253 e. The van der Waals surface area contributed by atoms with Crippen molar-refractivity contribution >= 4 is 15.9 Å². The Hall–Kier alpha value is -2.45. The van der Waals surface area contributed by atoms with Crippen molar-refractivity contribution in [1.29, 1.82) is 0 Å². The van der Waals surface area contributed by atoms with Gasteiger partial charge in [0, 0.05) is 25.2 Å². The van der Waals surface area contributed by atoms with Crippen LogP contribution < -0.4 is 9.46 Å². The summed E-state index contributed by atoms with van der Waals surface area (Å²) in [6.45, 7) is 3.66. The Morgan fingerprint density at radius 1 is 1.19 bits per heavy atom. The summed E-state index contributed by atoms with van der Waals surface area (Å²) in [6, 6.07) is 9.97. The van der Waals surface area contributed by atoms with Crippen LogP contribution in [0.25, 0.3) is 0 Å². The van der Waals surface area contributed by atoms with Gasteiger partial charge >= 0.3 is 0 Å². The van der Waals surface area contributed by atoms with Gasteiger partial charge in [0.1, 0.15) is 0 Å². The molecule has 2 aromatic carbocycles. The van der Waals surface area contributed by atoms with Gasteiger partial charge in [-0.3, -0.25) is 4.79 Å². The van der Waals surface area contributed by atoms with Gasteiger partial charge in [0.25, 0.3) is 5.91 Å². The van der Waals surface area contributed by atoms with Crippen molar-refractivity contribution < 1.29 is 22.3 Å². The monoisotopic (exact) mass is 394 g/mol. The summed E-state index contributed by atoms with van der Waals surface area (Å²) in [5.74, 6) is -0.658. The van der Waals surface area contributed by atoms with Crippen LogP contribution in [0.4, 0.5) is 4.39 Å². The van der Waals surface area contributed by atoms with Gasteiger partial charge in [-0.1, -0.05) is 6.07 Å². The third kappa shape index (κ3) is 5.27. The molecular weight excluding hydrogens is 371 g/mol. The molecule has 0 unspecified atom stereocenters. The first-order valence-electron chi connectivity index (χ1n) is 8.34. The highest BCUT2D eigenvalue weighted by molar-refractivity contribution is 7.89. The van der Waals surface area contributed by atoms with Crippen molar-refractivity contribution in [3.8, 4) is 5.75 Å². The van der Waals surface area contributed by atoms with E-state index in [4.69, 9.17) is 4.74 Å². The van der Waals surface area contributed by atoms with Crippen molar-refractivity contribution in [2.24, 2.45) is 0 Å². The lowest BCUT2D eigenvalue weighted by Gasteiger charge is -2.18. The summed E-state index contributed by atoms with van der Waals surface area (Å²) < 4.78 is 45.4. The first-order valence-corrected chi connectivity index (χ1v) is 9.82. The van der Waals surface area contributed by atoms with Crippen molar-refractivity contribution in [3.63, 3.8) is 0 Å². The third-order valence-corrected chi connectivity index (χ3v) is 5.46. The summed E-state index contributed by atoms with van der Waals surface area (Å²) >= 11 is 0. The fourth-order valence-corrected chi connectivity index (χ4v) is 3.78. The number of carbonyl (C=O) groups excluding carboxylic acids is 1. The summed E-state index contributed by atoms with van der Waals surface area (Å²) in [7, 11) is -0.635. The first kappa shape index (κ1) is 20.9. The lowest BCUT2D eigenvalue weighted by Crippen LogP contribution is -2.30. The van der Waals surface area contributed by atoms with Crippen LogP contribution in [0.2, 0.25) is 0 Å². The average molecular weight is 394 g/mol. The van der Waals surface area contributed by atoms with Gasteiger partial charge in [0.05, 0.1) is 12.0 Å². The second-order valence-electron chi connectivity index (χ2n) is 6.43. The molecule has 0 spiro atoms. The van der Waals surface area contributed by atoms with Crippen LogP contribution >= 0.6 is 0 Å². The maximum atomic E-state index is 13.8. The molecule has 0 aliphatic carbocycles. The fourth-order valence-electron chi connectivity index (χ4n) is 2.53. The Bertz CT molecular complexity index is 912. The number of methoxy groups -OCH3 is 1. The molecule has 0 saturated carbocycles. The summed E-state index contributed by atoms with van der Waals surface area (Å²) in [4.78, 5) is 14.1. The number of rotatable bonds is 7. The van der Waals surface area contributed by atoms with Crippen LogP contribution in [0, 0.1) is 5.82 Å². The molecule has 2 aromatic rings. The highest BCUT2D eigenvalue weighted by Crippen LogP contribution is 2.19. The standard InChI is InChI=1S/C19H23FN2O4S/c1-13(2)21-27(24,25)16-8-6-15(7-9-16)19(23)22(3)12-14-5-10-18(26-4)17(20)11-14/h5-11,13,21H,12H2,1-4H3. The Morgan fingerprint density at radius 2 is 1.81 bits per heavy atom. The van der Waals surface area contributed by atoms with E-state index in [-0.39, 0.29) is 29.1 Å². The van der Waals surface area contributed by atoms with Crippen molar-refractivity contribution in [1.82, 2.24) is 9.62 Å². The molecule has 0 bridgehead atoms. The predicted molar refractivity (Wildman–Crippen MR) is 101 cm³/mol. The molecule has 27 heavy (non-hydrogen) atoms. The molecular formula is C19H23FN2O4S. The number of carbonyl (C=O) groups is 1. The van der Waals surface area contributed by atoms with Crippen LogP contribution in [-0.4, -0.2) is 39.4 Å². The number of halogens is 1. The number of amides is 1. The lowest BCUT2D eigenvalue weighted by atomic mass is 10.1. The van der Waals surface area contributed by atoms with Gasteiger partial charge in [0.15, 0.2) is 11.6 Å². The zero-order valence-corrected chi connectivity index (χ0v) is 16.5. The van der Waals surface area contributed by atoms with Gasteiger partial charge in [0.2, 0.25) is 10.0 Å². The number of sulfonamides is 1. The number of hydrogen-bond acceptors (Lipinski definition) is 4. The van der Waals surface area contributed by atoms with Gasteiger partial charge < -0.3 is 9.64 Å². The van der Waals surface area contributed by atoms with E-state index in [0.717, 1.165) is 0 Å². The molecule has 0 fully saturated rings. The van der Waals surface area contributed by atoms with E-state index in [1.807, 2.05) is 0 Å². The first-order chi connectivity index (χ1) is 12.6. The predicted octanol–water partition coefficient (Wildman–Crippen LogP) is 2.79. The van der Waals surface area contributed by atoms with E-state index in [1.54, 1.807) is 27.0 Å². The fraction of sp³-hybridized carbons (Fsp3) is 0.316. The molecule has 1 amide bonds. The topological polar surface area (TPSA) is 75.7 Å². The molecule has 0 saturated heterocycles. The van der Waals surface area contributed by atoms with Crippen LogP contribution in [0.5, 0.6) is 5.75 Å². The minimum atomic E-state index is -3.61. The van der Waals surface area contributed by atoms with E-state index in [9.17, 15) is 17.6 Å². The maximum absolute atomic E-state index is 13.8. The molecule has 0 heterocycles. The molecule has 0 radical (unpaired) electrons.